The van der Waals surface area contributed by atoms with E-state index in [9.17, 15) is 17.6 Å². The fourth-order valence-electron chi connectivity index (χ4n) is 3.20. The molecule has 0 radical (unpaired) electrons. The number of carbonyl (C=O) groups excluding carboxylic acids is 1. The van der Waals surface area contributed by atoms with Gasteiger partial charge in [0.2, 0.25) is 21.1 Å². The number of nitrogens with one attached hydrogen (secondary N) is 1. The normalized spacial score (nSPS) is 17.2. The summed E-state index contributed by atoms with van der Waals surface area (Å²) in [6, 6.07) is 11.2. The second-order valence-corrected chi connectivity index (χ2v) is 10.4. The highest BCUT2D eigenvalue weighted by Crippen LogP contribution is 2.30. The maximum Gasteiger partial charge on any atom is 0.244 e. The third-order valence-electron chi connectivity index (χ3n) is 4.67. The number of rotatable bonds is 5. The number of nitrogens with zero attached hydrogens (tertiary/aromatic N) is 3. The summed E-state index contributed by atoms with van der Waals surface area (Å²) < 4.78 is 41.1. The van der Waals surface area contributed by atoms with Crippen molar-refractivity contribution in [1.82, 2.24) is 14.5 Å². The molecule has 1 N–H and O–H groups in total. The van der Waals surface area contributed by atoms with Crippen LogP contribution in [0.25, 0.3) is 10.6 Å². The van der Waals surface area contributed by atoms with Crippen molar-refractivity contribution in [3.63, 3.8) is 0 Å². The second kappa shape index (κ2) is 8.50. The fraction of sp³-hybridized carbons (Fsp3) is 0.211. The lowest BCUT2D eigenvalue weighted by Gasteiger charge is -2.22. The molecule has 2 heterocycles. The van der Waals surface area contributed by atoms with E-state index in [0.717, 1.165) is 26.5 Å². The lowest BCUT2D eigenvalue weighted by atomic mass is 10.2. The van der Waals surface area contributed by atoms with E-state index in [1.54, 1.807) is 0 Å². The van der Waals surface area contributed by atoms with E-state index in [0.29, 0.717) is 23.0 Å². The number of hydrogen-bond acceptors (Lipinski definition) is 6. The van der Waals surface area contributed by atoms with E-state index in [2.05, 4.69) is 31.4 Å². The third-order valence-corrected chi connectivity index (χ3v) is 8.01. The number of halogens is 2. The van der Waals surface area contributed by atoms with Gasteiger partial charge in [0, 0.05) is 16.6 Å². The molecule has 2 aromatic carbocycles. The number of carbonyl (C=O) groups is 1. The van der Waals surface area contributed by atoms with Crippen molar-refractivity contribution in [1.29, 1.82) is 0 Å². The Labute approximate surface area is 185 Å². The van der Waals surface area contributed by atoms with Crippen molar-refractivity contribution < 1.29 is 17.6 Å². The predicted molar refractivity (Wildman–Crippen MR) is 115 cm³/mol. The second-order valence-electron chi connectivity index (χ2n) is 6.64. The average molecular weight is 511 g/mol. The summed E-state index contributed by atoms with van der Waals surface area (Å²) in [5, 5.41) is 11.7. The first kappa shape index (κ1) is 21.0. The maximum atomic E-state index is 13.2. The average Bonchev–Trinajstić information content (AvgIpc) is 3.39. The summed E-state index contributed by atoms with van der Waals surface area (Å²) >= 11 is 4.58. The van der Waals surface area contributed by atoms with Crippen molar-refractivity contribution in [2.75, 3.05) is 11.9 Å². The highest BCUT2D eigenvalue weighted by atomic mass is 79.9. The van der Waals surface area contributed by atoms with Crippen LogP contribution < -0.4 is 5.32 Å². The van der Waals surface area contributed by atoms with Gasteiger partial charge in [-0.15, -0.1) is 10.2 Å². The van der Waals surface area contributed by atoms with Crippen LogP contribution in [0.15, 0.2) is 57.9 Å². The van der Waals surface area contributed by atoms with E-state index >= 15 is 0 Å². The van der Waals surface area contributed by atoms with Crippen LogP contribution in [0.1, 0.15) is 12.8 Å². The molecule has 1 aromatic heterocycles. The first-order valence-corrected chi connectivity index (χ1v) is 12.1. The van der Waals surface area contributed by atoms with Gasteiger partial charge in [0.1, 0.15) is 16.9 Å². The molecule has 11 heteroatoms. The number of aromatic nitrogens is 2. The van der Waals surface area contributed by atoms with Crippen molar-refractivity contribution >= 4 is 48.3 Å². The summed E-state index contributed by atoms with van der Waals surface area (Å²) in [7, 11) is -3.92. The van der Waals surface area contributed by atoms with E-state index in [4.69, 9.17) is 0 Å². The quantitative estimate of drug-likeness (QED) is 0.561. The van der Waals surface area contributed by atoms with Crippen LogP contribution in [0.3, 0.4) is 0 Å². The standard InChI is InChI=1S/C19H16BrFN4O3S2/c20-13-5-3-12(4-6-13)18-23-24-19(29-18)22-17(26)16-2-1-11-25(16)30(27,28)15-9-7-14(21)8-10-15/h3-10,16H,1-2,11H2,(H,22,24,26)/t16-/m0/s1. The Hall–Kier alpha value is -2.21. The van der Waals surface area contributed by atoms with Crippen LogP contribution in [-0.2, 0) is 14.8 Å². The van der Waals surface area contributed by atoms with Gasteiger partial charge in [-0.2, -0.15) is 4.31 Å². The minimum absolute atomic E-state index is 0.0444. The van der Waals surface area contributed by atoms with Gasteiger partial charge in [-0.05, 0) is 49.2 Å². The van der Waals surface area contributed by atoms with Crippen LogP contribution in [-0.4, -0.2) is 41.4 Å². The SMILES string of the molecule is O=C(Nc1nnc(-c2ccc(Br)cc2)s1)[C@@H]1CCCN1S(=O)(=O)c1ccc(F)cc1. The summed E-state index contributed by atoms with van der Waals surface area (Å²) in [5.74, 6) is -0.987. The molecule has 0 saturated carbocycles. The Balaban J connectivity index is 1.50. The molecular weight excluding hydrogens is 495 g/mol. The van der Waals surface area contributed by atoms with E-state index in [-0.39, 0.29) is 11.4 Å². The molecule has 1 fully saturated rings. The Morgan fingerprint density at radius 2 is 1.83 bits per heavy atom. The topological polar surface area (TPSA) is 92.3 Å². The summed E-state index contributed by atoms with van der Waals surface area (Å²) in [6.07, 6.45) is 0.948. The Kier molecular flexibility index (Phi) is 5.96. The monoisotopic (exact) mass is 510 g/mol. The molecule has 0 unspecified atom stereocenters. The molecule has 3 aromatic rings. The number of sulfonamides is 1. The highest BCUT2D eigenvalue weighted by molar-refractivity contribution is 9.10. The lowest BCUT2D eigenvalue weighted by molar-refractivity contribution is -0.119. The third kappa shape index (κ3) is 4.29. The van der Waals surface area contributed by atoms with Gasteiger partial charge in [0.15, 0.2) is 0 Å². The molecule has 0 spiro atoms. The van der Waals surface area contributed by atoms with Gasteiger partial charge >= 0.3 is 0 Å². The van der Waals surface area contributed by atoms with Crippen LogP contribution in [0.2, 0.25) is 0 Å². The van der Waals surface area contributed by atoms with Gasteiger partial charge in [0.25, 0.3) is 0 Å². The van der Waals surface area contributed by atoms with E-state index in [1.807, 2.05) is 24.3 Å². The largest absolute Gasteiger partial charge is 0.299 e. The first-order chi connectivity index (χ1) is 14.3. The minimum atomic E-state index is -3.92. The predicted octanol–water partition coefficient (Wildman–Crippen LogP) is 3.90. The summed E-state index contributed by atoms with van der Waals surface area (Å²) in [5.41, 5.74) is 0.859. The van der Waals surface area contributed by atoms with Crippen LogP contribution in [0.4, 0.5) is 9.52 Å². The Morgan fingerprint density at radius 1 is 1.13 bits per heavy atom. The minimum Gasteiger partial charge on any atom is -0.299 e. The zero-order valence-electron chi connectivity index (χ0n) is 15.5. The van der Waals surface area contributed by atoms with Crippen LogP contribution in [0.5, 0.6) is 0 Å². The molecule has 1 atom stereocenters. The zero-order chi connectivity index (χ0) is 21.3. The van der Waals surface area contributed by atoms with Crippen molar-refractivity contribution in [2.24, 2.45) is 0 Å². The van der Waals surface area contributed by atoms with Crippen molar-refractivity contribution in [2.45, 2.75) is 23.8 Å². The summed E-state index contributed by atoms with van der Waals surface area (Å²) in [6.45, 7) is 0.220. The molecule has 1 aliphatic heterocycles. The maximum absolute atomic E-state index is 13.2. The molecule has 0 bridgehead atoms. The first-order valence-electron chi connectivity index (χ1n) is 9.02. The Bertz CT molecular complexity index is 1170. The number of benzene rings is 2. The molecule has 1 amide bonds. The fourth-order valence-corrected chi connectivity index (χ4v) is 5.88. The molecule has 156 valence electrons. The van der Waals surface area contributed by atoms with Crippen LogP contribution >= 0.6 is 27.3 Å². The smallest absolute Gasteiger partial charge is 0.244 e. The van der Waals surface area contributed by atoms with Crippen molar-refractivity contribution in [3.8, 4) is 10.6 Å². The van der Waals surface area contributed by atoms with E-state index < -0.39 is 27.8 Å². The molecule has 30 heavy (non-hydrogen) atoms. The molecule has 7 nitrogen and oxygen atoms in total. The summed E-state index contributed by atoms with van der Waals surface area (Å²) in [4.78, 5) is 12.8. The number of anilines is 1. The molecular formula is C19H16BrFN4O3S2. The van der Waals surface area contributed by atoms with Crippen LogP contribution in [0, 0.1) is 5.82 Å². The molecule has 0 aliphatic carbocycles. The molecule has 4 rings (SSSR count). The zero-order valence-corrected chi connectivity index (χ0v) is 18.7. The highest BCUT2D eigenvalue weighted by Gasteiger charge is 2.39. The van der Waals surface area contributed by atoms with Gasteiger partial charge in [0.05, 0.1) is 4.90 Å². The number of amides is 1. The molecule has 1 saturated heterocycles. The van der Waals surface area contributed by atoms with Gasteiger partial charge < -0.3 is 0 Å². The van der Waals surface area contributed by atoms with E-state index in [1.165, 1.54) is 23.5 Å². The van der Waals surface area contributed by atoms with Crippen molar-refractivity contribution in [3.05, 3.63) is 58.8 Å². The molecule has 1 aliphatic rings. The lowest BCUT2D eigenvalue weighted by Crippen LogP contribution is -2.43. The Morgan fingerprint density at radius 3 is 2.53 bits per heavy atom. The van der Waals surface area contributed by atoms with Gasteiger partial charge in [-0.25, -0.2) is 12.8 Å². The van der Waals surface area contributed by atoms with Gasteiger partial charge in [-0.3, -0.25) is 10.1 Å². The van der Waals surface area contributed by atoms with Gasteiger partial charge in [-0.1, -0.05) is 39.4 Å². The number of hydrogen-bond donors (Lipinski definition) is 1.